The summed E-state index contributed by atoms with van der Waals surface area (Å²) in [6, 6.07) is 7.34. The van der Waals surface area contributed by atoms with Crippen LogP contribution in [0.4, 0.5) is 0 Å². The highest BCUT2D eigenvalue weighted by Crippen LogP contribution is 2.17. The van der Waals surface area contributed by atoms with Crippen molar-refractivity contribution in [3.63, 3.8) is 0 Å². The van der Waals surface area contributed by atoms with Crippen LogP contribution in [0.15, 0.2) is 24.3 Å². The zero-order valence-electron chi connectivity index (χ0n) is 8.66. The van der Waals surface area contributed by atoms with Crippen LogP contribution in [0, 0.1) is 12.3 Å². The third kappa shape index (κ3) is 4.73. The van der Waals surface area contributed by atoms with Gasteiger partial charge >= 0.3 is 0 Å². The van der Waals surface area contributed by atoms with Crippen LogP contribution >= 0.6 is 11.6 Å². The molecule has 0 bridgehead atoms. The predicted molar refractivity (Wildman–Crippen MR) is 63.2 cm³/mol. The van der Waals surface area contributed by atoms with Crippen LogP contribution < -0.4 is 10.1 Å². The van der Waals surface area contributed by atoms with E-state index in [-0.39, 0.29) is 6.10 Å². The number of nitrogens with one attached hydrogen (secondary N) is 1. The summed E-state index contributed by atoms with van der Waals surface area (Å²) >= 11 is 5.83. The topological polar surface area (TPSA) is 21.3 Å². The molecule has 0 fully saturated rings. The lowest BCUT2D eigenvalue weighted by Crippen LogP contribution is -2.29. The van der Waals surface area contributed by atoms with Crippen LogP contribution in [0.25, 0.3) is 0 Å². The second-order valence-corrected chi connectivity index (χ2v) is 3.66. The first-order valence-electron chi connectivity index (χ1n) is 4.79. The fourth-order valence-corrected chi connectivity index (χ4v) is 1.34. The number of benzene rings is 1. The van der Waals surface area contributed by atoms with E-state index in [2.05, 4.69) is 11.2 Å². The monoisotopic (exact) mass is 223 g/mol. The van der Waals surface area contributed by atoms with Gasteiger partial charge in [0.05, 0.1) is 6.54 Å². The summed E-state index contributed by atoms with van der Waals surface area (Å²) in [5.74, 6) is 3.28. The second-order valence-electron chi connectivity index (χ2n) is 3.22. The molecule has 0 aliphatic carbocycles. The minimum Gasteiger partial charge on any atom is -0.489 e. The molecule has 2 nitrogen and oxygen atoms in total. The molecule has 1 rings (SSSR count). The first-order chi connectivity index (χ1) is 7.22. The molecule has 0 amide bonds. The van der Waals surface area contributed by atoms with E-state index in [1.54, 1.807) is 6.07 Å². The maximum atomic E-state index is 5.83. The molecule has 0 aliphatic heterocycles. The van der Waals surface area contributed by atoms with Crippen molar-refractivity contribution in [2.24, 2.45) is 0 Å². The molecule has 3 heteroatoms. The molecule has 1 aromatic carbocycles. The van der Waals surface area contributed by atoms with E-state index in [1.165, 1.54) is 0 Å². The number of ether oxygens (including phenoxy) is 1. The zero-order valence-corrected chi connectivity index (χ0v) is 9.42. The minimum atomic E-state index is 0.0665. The van der Waals surface area contributed by atoms with Gasteiger partial charge in [-0.1, -0.05) is 23.6 Å². The largest absolute Gasteiger partial charge is 0.489 e. The molecule has 15 heavy (non-hydrogen) atoms. The van der Waals surface area contributed by atoms with Crippen LogP contribution in [-0.4, -0.2) is 19.2 Å². The third-order valence-corrected chi connectivity index (χ3v) is 2.03. The average Bonchev–Trinajstić information content (AvgIpc) is 2.18. The molecule has 0 heterocycles. The summed E-state index contributed by atoms with van der Waals surface area (Å²) in [6.45, 7) is 3.25. The summed E-state index contributed by atoms with van der Waals surface area (Å²) in [5, 5.41) is 3.75. The first-order valence-corrected chi connectivity index (χ1v) is 5.16. The highest BCUT2D eigenvalue weighted by molar-refractivity contribution is 6.30. The molecule has 0 radical (unpaired) electrons. The van der Waals surface area contributed by atoms with Gasteiger partial charge in [-0.25, -0.2) is 0 Å². The van der Waals surface area contributed by atoms with Gasteiger partial charge in [0.1, 0.15) is 11.9 Å². The SMILES string of the molecule is C#CCNCC(C)Oc1cccc(Cl)c1. The van der Waals surface area contributed by atoms with E-state index >= 15 is 0 Å². The average molecular weight is 224 g/mol. The third-order valence-electron chi connectivity index (χ3n) is 1.79. The van der Waals surface area contributed by atoms with Crippen molar-refractivity contribution in [3.05, 3.63) is 29.3 Å². The van der Waals surface area contributed by atoms with Gasteiger partial charge in [-0.3, -0.25) is 0 Å². The van der Waals surface area contributed by atoms with E-state index in [1.807, 2.05) is 25.1 Å². The standard InChI is InChI=1S/C12H14ClNO/c1-3-7-14-9-10(2)15-12-6-4-5-11(13)8-12/h1,4-6,8,10,14H,7,9H2,2H3. The first kappa shape index (κ1) is 11.9. The minimum absolute atomic E-state index is 0.0665. The van der Waals surface area contributed by atoms with Crippen molar-refractivity contribution < 1.29 is 4.74 Å². The molecule has 1 unspecified atom stereocenters. The van der Waals surface area contributed by atoms with Crippen LogP contribution in [0.2, 0.25) is 5.02 Å². The highest BCUT2D eigenvalue weighted by Gasteiger charge is 2.02. The Balaban J connectivity index is 2.38. The van der Waals surface area contributed by atoms with E-state index in [9.17, 15) is 0 Å². The molecule has 1 aromatic rings. The predicted octanol–water partition coefficient (Wildman–Crippen LogP) is 2.33. The molecule has 0 aromatic heterocycles. The number of halogens is 1. The fourth-order valence-electron chi connectivity index (χ4n) is 1.16. The van der Waals surface area contributed by atoms with Crippen molar-refractivity contribution >= 4 is 11.6 Å². The summed E-state index contributed by atoms with van der Waals surface area (Å²) in [5.41, 5.74) is 0. The van der Waals surface area contributed by atoms with Gasteiger partial charge in [0.2, 0.25) is 0 Å². The number of rotatable bonds is 5. The highest BCUT2D eigenvalue weighted by atomic mass is 35.5. The van der Waals surface area contributed by atoms with Gasteiger partial charge in [-0.15, -0.1) is 6.42 Å². The zero-order chi connectivity index (χ0) is 11.1. The molecule has 1 atom stereocenters. The van der Waals surface area contributed by atoms with Crippen LogP contribution in [0.1, 0.15) is 6.92 Å². The lowest BCUT2D eigenvalue weighted by Gasteiger charge is -2.14. The molecule has 0 spiro atoms. The van der Waals surface area contributed by atoms with Crippen molar-refractivity contribution in [2.75, 3.05) is 13.1 Å². The molecule has 0 aliphatic rings. The Bertz CT molecular complexity index is 346. The van der Waals surface area contributed by atoms with Crippen LogP contribution in [-0.2, 0) is 0 Å². The molecule has 0 saturated carbocycles. The molecule has 1 N–H and O–H groups in total. The number of hydrogen-bond donors (Lipinski definition) is 1. The van der Waals surface area contributed by atoms with E-state index in [0.717, 1.165) is 12.3 Å². The van der Waals surface area contributed by atoms with Gasteiger partial charge in [0.15, 0.2) is 0 Å². The second kappa shape index (κ2) is 6.34. The van der Waals surface area contributed by atoms with Crippen molar-refractivity contribution in [1.29, 1.82) is 0 Å². The van der Waals surface area contributed by atoms with Gasteiger partial charge in [0, 0.05) is 11.6 Å². The lowest BCUT2D eigenvalue weighted by atomic mass is 10.3. The number of terminal acetylenes is 1. The van der Waals surface area contributed by atoms with Crippen molar-refractivity contribution in [2.45, 2.75) is 13.0 Å². The summed E-state index contributed by atoms with van der Waals surface area (Å²) in [4.78, 5) is 0. The number of hydrogen-bond acceptors (Lipinski definition) is 2. The van der Waals surface area contributed by atoms with Crippen molar-refractivity contribution in [1.82, 2.24) is 5.32 Å². The Morgan fingerprint density at radius 3 is 3.07 bits per heavy atom. The maximum absolute atomic E-state index is 5.83. The van der Waals surface area contributed by atoms with Crippen LogP contribution in [0.5, 0.6) is 5.75 Å². The smallest absolute Gasteiger partial charge is 0.121 e. The van der Waals surface area contributed by atoms with E-state index in [4.69, 9.17) is 22.8 Å². The molecular weight excluding hydrogens is 210 g/mol. The van der Waals surface area contributed by atoms with Crippen molar-refractivity contribution in [3.8, 4) is 18.1 Å². The summed E-state index contributed by atoms with van der Waals surface area (Å²) < 4.78 is 5.63. The van der Waals surface area contributed by atoms with Gasteiger partial charge < -0.3 is 10.1 Å². The fraction of sp³-hybridized carbons (Fsp3) is 0.333. The maximum Gasteiger partial charge on any atom is 0.121 e. The normalized spacial score (nSPS) is 11.8. The molecule has 80 valence electrons. The van der Waals surface area contributed by atoms with Gasteiger partial charge in [0.25, 0.3) is 0 Å². The Labute approximate surface area is 95.6 Å². The Morgan fingerprint density at radius 1 is 1.60 bits per heavy atom. The Kier molecular flexibility index (Phi) is 5.03. The summed E-state index contributed by atoms with van der Waals surface area (Å²) in [7, 11) is 0. The van der Waals surface area contributed by atoms with E-state index in [0.29, 0.717) is 11.6 Å². The summed E-state index contributed by atoms with van der Waals surface area (Å²) in [6.07, 6.45) is 5.18. The Morgan fingerprint density at radius 2 is 2.40 bits per heavy atom. The molecule has 0 saturated heterocycles. The Hall–Kier alpha value is -1.17. The van der Waals surface area contributed by atoms with Gasteiger partial charge in [-0.05, 0) is 25.1 Å². The van der Waals surface area contributed by atoms with Gasteiger partial charge in [-0.2, -0.15) is 0 Å². The van der Waals surface area contributed by atoms with Crippen LogP contribution in [0.3, 0.4) is 0 Å². The van der Waals surface area contributed by atoms with E-state index < -0.39 is 0 Å². The quantitative estimate of drug-likeness (QED) is 0.611. The molecular formula is C12H14ClNO. The lowest BCUT2D eigenvalue weighted by molar-refractivity contribution is 0.219.